The van der Waals surface area contributed by atoms with Crippen LogP contribution in [0, 0.1) is 0 Å². The zero-order valence-corrected chi connectivity index (χ0v) is 11.7. The maximum Gasteiger partial charge on any atom is 0.145 e. The van der Waals surface area contributed by atoms with E-state index in [4.69, 9.17) is 0 Å². The molecule has 0 aliphatic rings. The third-order valence-electron chi connectivity index (χ3n) is 3.12. The van der Waals surface area contributed by atoms with Gasteiger partial charge in [0.15, 0.2) is 0 Å². The lowest BCUT2D eigenvalue weighted by molar-refractivity contribution is 1.13. The molecule has 3 heteroatoms. The van der Waals surface area contributed by atoms with Crippen LogP contribution in [-0.4, -0.2) is 9.38 Å². The van der Waals surface area contributed by atoms with Crippen LogP contribution in [0.4, 0.5) is 0 Å². The molecule has 2 nitrogen and oxygen atoms in total. The molecule has 2 heterocycles. The van der Waals surface area contributed by atoms with Crippen LogP contribution in [0.15, 0.2) is 53.3 Å². The third-order valence-corrected chi connectivity index (χ3v) is 3.71. The second kappa shape index (κ2) is 4.58. The van der Waals surface area contributed by atoms with Gasteiger partial charge in [0.25, 0.3) is 0 Å². The minimum absolute atomic E-state index is 0.887. The summed E-state index contributed by atoms with van der Waals surface area (Å²) in [5.41, 5.74) is 3.57. The van der Waals surface area contributed by atoms with Crippen molar-refractivity contribution in [1.82, 2.24) is 9.38 Å². The normalized spacial score (nSPS) is 11.0. The second-order valence-electron chi connectivity index (χ2n) is 4.23. The van der Waals surface area contributed by atoms with Crippen molar-refractivity contribution in [2.75, 3.05) is 0 Å². The molecule has 0 fully saturated rings. The third kappa shape index (κ3) is 1.85. The fraction of sp³-hybridized carbons (Fsp3) is 0.133. The van der Waals surface area contributed by atoms with E-state index in [1.165, 1.54) is 5.56 Å². The van der Waals surface area contributed by atoms with Crippen molar-refractivity contribution in [3.05, 3.63) is 58.8 Å². The van der Waals surface area contributed by atoms with Crippen LogP contribution in [0.25, 0.3) is 16.9 Å². The summed E-state index contributed by atoms with van der Waals surface area (Å²) in [5.74, 6) is 0.972. The highest BCUT2D eigenvalue weighted by atomic mass is 79.9. The standard InChI is InChI=1S/C15H13BrN2/c1-2-11-6-8-12(9-7-11)15-17-14(16)13-5-3-4-10-18(13)15/h3-10H,2H2,1H3. The largest absolute Gasteiger partial charge is 0.299 e. The van der Waals surface area contributed by atoms with E-state index in [1.54, 1.807) is 0 Å². The molecule has 0 atom stereocenters. The summed E-state index contributed by atoms with van der Waals surface area (Å²) in [6, 6.07) is 14.7. The van der Waals surface area contributed by atoms with E-state index >= 15 is 0 Å². The van der Waals surface area contributed by atoms with Crippen molar-refractivity contribution in [2.24, 2.45) is 0 Å². The molecule has 2 aromatic heterocycles. The average Bonchev–Trinajstić information content (AvgIpc) is 2.77. The molecule has 0 aliphatic carbocycles. The van der Waals surface area contributed by atoms with Crippen LogP contribution in [0.1, 0.15) is 12.5 Å². The molecule has 18 heavy (non-hydrogen) atoms. The van der Waals surface area contributed by atoms with Crippen LogP contribution in [0.5, 0.6) is 0 Å². The van der Waals surface area contributed by atoms with Gasteiger partial charge in [-0.05, 0) is 40.0 Å². The molecule has 0 aliphatic heterocycles. The quantitative estimate of drug-likeness (QED) is 0.689. The Morgan fingerprint density at radius 2 is 1.89 bits per heavy atom. The number of fused-ring (bicyclic) bond motifs is 1. The van der Waals surface area contributed by atoms with Crippen LogP contribution >= 0.6 is 15.9 Å². The number of aromatic nitrogens is 2. The summed E-state index contributed by atoms with van der Waals surface area (Å²) in [6.07, 6.45) is 3.10. The zero-order valence-electron chi connectivity index (χ0n) is 10.1. The van der Waals surface area contributed by atoms with Gasteiger partial charge in [-0.2, -0.15) is 0 Å². The Morgan fingerprint density at radius 1 is 1.11 bits per heavy atom. The second-order valence-corrected chi connectivity index (χ2v) is 4.98. The molecular weight excluding hydrogens is 288 g/mol. The van der Waals surface area contributed by atoms with Gasteiger partial charge in [0.05, 0.1) is 5.52 Å². The molecule has 0 spiro atoms. The zero-order chi connectivity index (χ0) is 12.5. The summed E-state index contributed by atoms with van der Waals surface area (Å²) < 4.78 is 2.99. The summed E-state index contributed by atoms with van der Waals surface area (Å²) in [4.78, 5) is 4.60. The fourth-order valence-electron chi connectivity index (χ4n) is 2.09. The van der Waals surface area contributed by atoms with Crippen molar-refractivity contribution < 1.29 is 0 Å². The van der Waals surface area contributed by atoms with Gasteiger partial charge in [-0.25, -0.2) is 4.98 Å². The number of aryl methyl sites for hydroxylation is 1. The number of pyridine rings is 1. The highest BCUT2D eigenvalue weighted by Crippen LogP contribution is 2.26. The predicted molar refractivity (Wildman–Crippen MR) is 77.7 cm³/mol. The van der Waals surface area contributed by atoms with Crippen LogP contribution in [0.3, 0.4) is 0 Å². The van der Waals surface area contributed by atoms with Gasteiger partial charge in [-0.1, -0.05) is 37.3 Å². The molecule has 3 rings (SSSR count). The Balaban J connectivity index is 2.18. The summed E-state index contributed by atoms with van der Waals surface area (Å²) in [7, 11) is 0. The number of halogens is 1. The molecule has 0 radical (unpaired) electrons. The van der Waals surface area contributed by atoms with Gasteiger partial charge in [0.2, 0.25) is 0 Å². The minimum atomic E-state index is 0.887. The number of hydrogen-bond donors (Lipinski definition) is 0. The summed E-state index contributed by atoms with van der Waals surface area (Å²) in [5, 5.41) is 0. The maximum absolute atomic E-state index is 4.60. The Morgan fingerprint density at radius 3 is 2.61 bits per heavy atom. The maximum atomic E-state index is 4.60. The molecular formula is C15H13BrN2. The van der Waals surface area contributed by atoms with E-state index in [-0.39, 0.29) is 0 Å². The van der Waals surface area contributed by atoms with Crippen molar-refractivity contribution in [1.29, 1.82) is 0 Å². The smallest absolute Gasteiger partial charge is 0.145 e. The molecule has 0 saturated carbocycles. The Hall–Kier alpha value is -1.61. The van der Waals surface area contributed by atoms with E-state index in [0.29, 0.717) is 0 Å². The lowest BCUT2D eigenvalue weighted by Crippen LogP contribution is -1.89. The first-order valence-corrected chi connectivity index (χ1v) is 6.81. The average molecular weight is 301 g/mol. The Kier molecular flexibility index (Phi) is 2.92. The monoisotopic (exact) mass is 300 g/mol. The molecule has 3 aromatic rings. The van der Waals surface area contributed by atoms with Crippen molar-refractivity contribution >= 4 is 21.4 Å². The number of nitrogens with zero attached hydrogens (tertiary/aromatic N) is 2. The van der Waals surface area contributed by atoms with E-state index < -0.39 is 0 Å². The molecule has 0 unspecified atom stereocenters. The molecule has 0 amide bonds. The van der Waals surface area contributed by atoms with Gasteiger partial charge in [-0.3, -0.25) is 4.40 Å². The topological polar surface area (TPSA) is 17.3 Å². The highest BCUT2D eigenvalue weighted by Gasteiger charge is 2.09. The van der Waals surface area contributed by atoms with Gasteiger partial charge >= 0.3 is 0 Å². The van der Waals surface area contributed by atoms with Crippen LogP contribution in [0.2, 0.25) is 0 Å². The summed E-state index contributed by atoms with van der Waals surface area (Å²) in [6.45, 7) is 2.16. The highest BCUT2D eigenvalue weighted by molar-refractivity contribution is 9.10. The van der Waals surface area contributed by atoms with Crippen molar-refractivity contribution in [3.8, 4) is 11.4 Å². The van der Waals surface area contributed by atoms with Gasteiger partial charge < -0.3 is 0 Å². The van der Waals surface area contributed by atoms with E-state index in [0.717, 1.165) is 27.9 Å². The number of imidazole rings is 1. The van der Waals surface area contributed by atoms with Crippen LogP contribution < -0.4 is 0 Å². The van der Waals surface area contributed by atoms with Crippen molar-refractivity contribution in [3.63, 3.8) is 0 Å². The lowest BCUT2D eigenvalue weighted by atomic mass is 10.1. The Bertz CT molecular complexity index is 683. The number of rotatable bonds is 2. The molecule has 1 aromatic carbocycles. The number of hydrogen-bond acceptors (Lipinski definition) is 1. The predicted octanol–water partition coefficient (Wildman–Crippen LogP) is 4.33. The first-order chi connectivity index (χ1) is 8.79. The number of benzene rings is 1. The van der Waals surface area contributed by atoms with Crippen LogP contribution in [-0.2, 0) is 6.42 Å². The SMILES string of the molecule is CCc1ccc(-c2nc(Br)c3ccccn23)cc1. The molecule has 0 saturated heterocycles. The van der Waals surface area contributed by atoms with E-state index in [1.807, 2.05) is 18.3 Å². The Labute approximate surface area is 114 Å². The lowest BCUT2D eigenvalue weighted by Gasteiger charge is -2.02. The fourth-order valence-corrected chi connectivity index (χ4v) is 2.58. The molecule has 0 N–H and O–H groups in total. The van der Waals surface area contributed by atoms with Gasteiger partial charge in [0, 0.05) is 11.8 Å². The summed E-state index contributed by atoms with van der Waals surface area (Å²) >= 11 is 3.51. The van der Waals surface area contributed by atoms with E-state index in [9.17, 15) is 0 Å². The van der Waals surface area contributed by atoms with Gasteiger partial charge in [-0.15, -0.1) is 0 Å². The van der Waals surface area contributed by atoms with Crippen molar-refractivity contribution in [2.45, 2.75) is 13.3 Å². The molecule has 90 valence electrons. The van der Waals surface area contributed by atoms with E-state index in [2.05, 4.69) is 62.6 Å². The van der Waals surface area contributed by atoms with Gasteiger partial charge in [0.1, 0.15) is 10.4 Å². The molecule has 0 bridgehead atoms. The first-order valence-electron chi connectivity index (χ1n) is 6.01. The first kappa shape index (κ1) is 11.5. The minimum Gasteiger partial charge on any atom is -0.299 e.